The van der Waals surface area contributed by atoms with Crippen molar-refractivity contribution in [3.8, 4) is 0 Å². The Morgan fingerprint density at radius 1 is 0.556 bits per heavy atom. The van der Waals surface area contributed by atoms with Crippen LogP contribution in [0, 0.1) is 35.2 Å². The van der Waals surface area contributed by atoms with Crippen molar-refractivity contribution < 1.29 is 101 Å². The van der Waals surface area contributed by atoms with E-state index in [1.807, 2.05) is 4.57 Å². The van der Waals surface area contributed by atoms with Crippen molar-refractivity contribution in [2.24, 2.45) is 28.5 Å². The Balaban J connectivity index is 0.000000163. The molecule has 126 heavy (non-hydrogen) atoms. The molecule has 9 heterocycles. The summed E-state index contributed by atoms with van der Waals surface area (Å²) in [6.07, 6.45) is 7.74. The number of nitrogens with two attached hydrogens (primary N) is 3. The fourth-order valence-corrected chi connectivity index (χ4v) is 20.5. The van der Waals surface area contributed by atoms with Gasteiger partial charge in [-0.05, 0) is 91.6 Å². The van der Waals surface area contributed by atoms with E-state index in [9.17, 15) is 50.8 Å². The number of carbonyl (C=O) groups is 3. The number of imidazole rings is 3. The van der Waals surface area contributed by atoms with Crippen molar-refractivity contribution in [1.82, 2.24) is 53.9 Å². The molecule has 7 aliphatic rings. The number of aromatic nitrogens is 10. The van der Waals surface area contributed by atoms with Crippen molar-refractivity contribution in [2.45, 2.75) is 185 Å². The van der Waals surface area contributed by atoms with Gasteiger partial charge in [-0.1, -0.05) is 113 Å². The number of aliphatic imine (C=N–C) groups is 1. The lowest BCUT2D eigenvalue weighted by Crippen LogP contribution is -2.32. The van der Waals surface area contributed by atoms with Gasteiger partial charge in [0.25, 0.3) is 11.1 Å². The average Bonchev–Trinajstić information content (AvgIpc) is 1.61. The number of anilines is 2. The van der Waals surface area contributed by atoms with Crippen LogP contribution in [0.4, 0.5) is 35.7 Å². The number of nitrogen functional groups attached to an aromatic ring is 2. The van der Waals surface area contributed by atoms with E-state index in [-0.39, 0.29) is 147 Å². The molecule has 36 nitrogen and oxygen atoms in total. The van der Waals surface area contributed by atoms with Crippen LogP contribution in [0.5, 0.6) is 0 Å². The van der Waals surface area contributed by atoms with Crippen LogP contribution in [-0.4, -0.2) is 137 Å². The van der Waals surface area contributed by atoms with Gasteiger partial charge < -0.3 is 55.2 Å². The summed E-state index contributed by atoms with van der Waals surface area (Å²) in [7, 11) is -12.4. The average molecular weight is 1870 g/mol. The molecule has 0 bridgehead atoms. The van der Waals surface area contributed by atoms with E-state index in [0.717, 1.165) is 25.7 Å². The molecule has 45 heteroatoms. The monoisotopic (exact) mass is 1870 g/mol. The summed E-state index contributed by atoms with van der Waals surface area (Å²) < 4.78 is 162. The largest absolute Gasteiger partial charge is 0.508 e. The predicted molar refractivity (Wildman–Crippen MR) is 457 cm³/mol. The van der Waals surface area contributed by atoms with Gasteiger partial charge in [0.2, 0.25) is 11.9 Å². The maximum absolute atomic E-state index is 14.6. The minimum atomic E-state index is -4.18. The zero-order chi connectivity index (χ0) is 90.2. The van der Waals surface area contributed by atoms with Gasteiger partial charge in [-0.3, -0.25) is 69.9 Å². The predicted octanol–water partition coefficient (Wildman–Crippen LogP) is 16.7. The minimum absolute atomic E-state index is 0.000944. The highest BCUT2D eigenvalue weighted by Crippen LogP contribution is 2.62. The van der Waals surface area contributed by atoms with E-state index in [1.165, 1.54) is 86.5 Å². The van der Waals surface area contributed by atoms with Gasteiger partial charge in [0.15, 0.2) is 34.1 Å². The lowest BCUT2D eigenvalue weighted by Gasteiger charge is -2.30. The van der Waals surface area contributed by atoms with E-state index in [1.54, 1.807) is 36.2 Å². The Kier molecular flexibility index (Phi) is 30.6. The third kappa shape index (κ3) is 22.3. The fourth-order valence-electron chi connectivity index (χ4n) is 15.8. The molecule has 15 atom stereocenters. The first-order valence-corrected chi connectivity index (χ1v) is 46.3. The van der Waals surface area contributed by atoms with Crippen molar-refractivity contribution >= 4 is 128 Å². The van der Waals surface area contributed by atoms with Gasteiger partial charge in [-0.2, -0.15) is 15.0 Å². The number of aromatic amines is 2. The fraction of sp³-hybridized carbons (Fsp3) is 0.469. The third-order valence-electron chi connectivity index (χ3n) is 22.1. The summed E-state index contributed by atoms with van der Waals surface area (Å²) in [4.78, 5) is 92.5. The van der Waals surface area contributed by atoms with Gasteiger partial charge >= 0.3 is 41.6 Å². The Morgan fingerprint density at radius 2 is 0.944 bits per heavy atom. The molecule has 0 spiro atoms. The molecule has 3 aromatic carbocycles. The van der Waals surface area contributed by atoms with Crippen molar-refractivity contribution in [3.63, 3.8) is 0 Å². The molecule has 3 aliphatic carbocycles. The summed E-state index contributed by atoms with van der Waals surface area (Å²) in [6.45, 7) is 23.1. The van der Waals surface area contributed by atoms with Crippen molar-refractivity contribution in [3.05, 3.63) is 192 Å². The highest BCUT2D eigenvalue weighted by molar-refractivity contribution is 7.49. The van der Waals surface area contributed by atoms with Gasteiger partial charge in [0.05, 0.1) is 107 Å². The number of guanidine groups is 1. The zero-order valence-corrected chi connectivity index (χ0v) is 74.0. The van der Waals surface area contributed by atoms with Crippen LogP contribution in [0.2, 0.25) is 15.1 Å². The van der Waals surface area contributed by atoms with Crippen LogP contribution in [0.3, 0.4) is 0 Å². The van der Waals surface area contributed by atoms with Gasteiger partial charge in [0.1, 0.15) is 41.5 Å². The molecule has 5 aromatic heterocycles. The second-order valence-electron chi connectivity index (χ2n) is 31.0. The number of halogens is 6. The highest BCUT2D eigenvalue weighted by Gasteiger charge is 2.50. The number of hydrogen-bond donors (Lipinski definition) is 6. The Bertz CT molecular complexity index is 5760. The molecule has 678 valence electrons. The number of fused-ring (bicyclic) bond motifs is 3. The number of rotatable bonds is 28. The van der Waals surface area contributed by atoms with Gasteiger partial charge in [-0.15, -0.1) is 0 Å². The van der Waals surface area contributed by atoms with Gasteiger partial charge in [0, 0.05) is 101 Å². The first-order valence-electron chi connectivity index (χ1n) is 40.8. The van der Waals surface area contributed by atoms with E-state index in [2.05, 4.69) is 78.4 Å². The molecular formula is C81H96Cl3F3N15O21P3. The molecule has 0 amide bonds. The number of nitrogens with zero attached hydrogens (tertiary/aromatic N) is 9. The van der Waals surface area contributed by atoms with E-state index < -0.39 is 137 Å². The number of ether oxygens (including phenoxy) is 4. The summed E-state index contributed by atoms with van der Waals surface area (Å²) in [5.74, 6) is -3.83. The van der Waals surface area contributed by atoms with Crippen LogP contribution in [-0.2, 0) is 82.9 Å². The molecule has 9 N–H and O–H groups in total. The minimum Gasteiger partial charge on any atom is -0.462 e. The lowest BCUT2D eigenvalue weighted by molar-refractivity contribution is -0.152. The molecule has 8 aromatic rings. The van der Waals surface area contributed by atoms with Crippen LogP contribution >= 0.6 is 58.3 Å². The van der Waals surface area contributed by atoms with E-state index in [4.69, 9.17) is 112 Å². The van der Waals surface area contributed by atoms with Crippen LogP contribution in [0.25, 0.3) is 28.0 Å². The number of H-pyrrole nitrogens is 2. The van der Waals surface area contributed by atoms with Gasteiger partial charge in [-0.25, -0.2) is 46.6 Å². The number of esters is 2. The number of phosphoric acid groups is 3. The molecule has 0 unspecified atom stereocenters. The summed E-state index contributed by atoms with van der Waals surface area (Å²) in [6, 6.07) is 10.7. The maximum Gasteiger partial charge on any atom is 0.508 e. The molecule has 15 rings (SSSR count). The standard InChI is InChI=1S/C32H42ClFN5O6P.C25H28ClFN5O8P.C24H26ClFN5O7P/c1-4-5-6-7-8-9-10-11-29(40)44-28-17-26(39-19-36-30-21(3)37-32(35)38-31(30)39)20(2)24(28)18-43-46(41)42-15-14-27(45-46)23-16-22(33)12-13-25(23)34;1-12(2)38-25(34)39-20-9-18(32-11-29-21-22(32)30-24(28)31-23(21)33)13(3)16(20)10-37-41(35)36-7-6-19(40-41)15-8-14(26)4-5-17(15)27;1-3-20(32)37-19-9-17(31-11-28-21-22(31)29-24(27)30-23(21)33)12(2)15(19)10-36-39(34)35-7-6-18(38-39)14-8-13(25)4-5-16(14)26/h12-13,16,19,24,26-28H,2-11,14-15,17-18H2,1H3,(H3,35,37,38);4-5,8,11-12,16,18-20H,3,6-7,9-10H2,1-2H3,(H3,28,30,31,33);4-5,8,11,15,17-19H,2-3,6-7,9-10H2,1H3,(H3,27,29,30,33)/t24-,26-,27+,28-,46-;16-,18-,19+,20-,41-;15-,17-,18+,19-,39-/m000/s1. The maximum atomic E-state index is 14.6. The second kappa shape index (κ2) is 40.9. The highest BCUT2D eigenvalue weighted by atomic mass is 35.5. The number of hydrogen-bond acceptors (Lipinski definition) is 31. The first-order chi connectivity index (χ1) is 60.1. The van der Waals surface area contributed by atoms with Crippen LogP contribution in [0.15, 0.2) is 131 Å². The number of carbonyl (C=O) groups excluding carboxylic acids is 3. The third-order valence-corrected chi connectivity index (χ3v) is 27.3. The van der Waals surface area contributed by atoms with E-state index >= 15 is 0 Å². The number of nitrogens with one attached hydrogen (secondary N) is 3. The topological polar surface area (TPSA) is 470 Å². The Labute approximate surface area is 735 Å². The molecule has 3 saturated heterocycles. The number of benzene rings is 3. The normalized spacial score (nSPS) is 26.5. The summed E-state index contributed by atoms with van der Waals surface area (Å²) in [5, 5.41) is 3.79. The summed E-state index contributed by atoms with van der Waals surface area (Å²) >= 11 is 18.1. The van der Waals surface area contributed by atoms with E-state index in [0.29, 0.717) is 61.8 Å². The van der Waals surface area contributed by atoms with Crippen LogP contribution in [0.1, 0.15) is 183 Å². The SMILES string of the molecule is C=C1NC(N)=Nc2c1ncn2[C@H]1C[C@H](OC(=O)CCCCCCCCC)[C@@H](CO[P@]2(=O)OCC[C@H](c3cc(Cl)ccc3F)O2)C1=C.C=C1[C@H](CO[P@]2(=O)OCC[C@H](c3cc(Cl)ccc3F)O2)[C@@H](OC(=O)CC)C[C@@H]1n1cnc2c(=O)[nH]c(N)nc21.C=C1[C@H](CO[P@]2(=O)OCC[C@H](c3cc(Cl)ccc3F)O2)[C@@H](OC(=O)OC(C)C)C[C@@H]1n1cnc2c(=O)[nH]c(N)nc21. The number of unbranched alkanes of at least 4 members (excludes halogenated alkanes) is 6. The molecule has 3 saturated carbocycles. The van der Waals surface area contributed by atoms with Crippen molar-refractivity contribution in [1.29, 1.82) is 0 Å². The summed E-state index contributed by atoms with van der Waals surface area (Å²) in [5.41, 5.74) is 20.3. The Hall–Kier alpha value is -9.40. The molecule has 4 aliphatic heterocycles. The quantitative estimate of drug-likeness (QED) is 0.00872. The van der Waals surface area contributed by atoms with Crippen molar-refractivity contribution in [2.75, 3.05) is 51.1 Å². The Morgan fingerprint density at radius 3 is 1.36 bits per heavy atom. The lowest BCUT2D eigenvalue weighted by atomic mass is 10.0. The number of phosphoric ester groups is 3. The second-order valence-corrected chi connectivity index (χ2v) is 37.2. The molecular weight excluding hydrogens is 1780 g/mol. The smallest absolute Gasteiger partial charge is 0.462 e. The van der Waals surface area contributed by atoms with Crippen LogP contribution < -0.4 is 33.6 Å². The first kappa shape index (κ1) is 94.2. The molecule has 6 fully saturated rings. The zero-order valence-electron chi connectivity index (χ0n) is 69.1. The molecule has 0 radical (unpaired) electrons.